The molecule has 0 radical (unpaired) electrons. The maximum absolute atomic E-state index is 10.7. The Balaban J connectivity index is 1.58. The maximum Gasteiger partial charge on any atom is 0.187 e. The van der Waals surface area contributed by atoms with Crippen LogP contribution in [0.5, 0.6) is 0 Å². The van der Waals surface area contributed by atoms with Crippen LogP contribution in [0.2, 0.25) is 0 Å². The smallest absolute Gasteiger partial charge is 0.187 e. The van der Waals surface area contributed by atoms with Gasteiger partial charge >= 0.3 is 0 Å². The van der Waals surface area contributed by atoms with E-state index in [9.17, 15) is 10.2 Å². The highest BCUT2D eigenvalue weighted by atomic mass is 16.8. The number of rotatable bonds is 17. The lowest BCUT2D eigenvalue weighted by Gasteiger charge is -2.50. The van der Waals surface area contributed by atoms with E-state index in [2.05, 4.69) is 0 Å². The first kappa shape index (κ1) is 39.4. The van der Waals surface area contributed by atoms with Crippen LogP contribution in [-0.4, -0.2) is 172 Å². The van der Waals surface area contributed by atoms with E-state index in [1.165, 1.54) is 35.5 Å². The lowest BCUT2D eigenvalue weighted by atomic mass is 9.94. The van der Waals surface area contributed by atoms with Crippen LogP contribution in [-0.2, 0) is 68.2 Å². The molecule has 0 saturated carbocycles. The molecule has 3 heterocycles. The van der Waals surface area contributed by atoms with Gasteiger partial charge in [-0.25, -0.2) is 0 Å². The third-order valence-electron chi connectivity index (χ3n) is 9.20. The molecule has 15 nitrogen and oxygen atoms in total. The lowest BCUT2D eigenvalue weighted by molar-refractivity contribution is -0.379. The molecule has 0 aromatic heterocycles. The molecule has 1 aromatic rings. The normalized spacial score (nSPS) is 40.6. The number of benzene rings is 1. The molecule has 3 aliphatic heterocycles. The van der Waals surface area contributed by atoms with Crippen molar-refractivity contribution in [3.05, 3.63) is 35.9 Å². The predicted octanol–water partition coefficient (Wildman–Crippen LogP) is 0.300. The van der Waals surface area contributed by atoms with Crippen molar-refractivity contribution in [1.82, 2.24) is 0 Å². The standard InChI is InChI=1S/C33H54O15/c1-18-24(37-3)28(39-5)26(22(44-18)17-43-15-19-12-10-9-11-13-19)48-33-31(42-8)29(40-6)25(21(46-33)16-36-2)47-32-30(41-7)27(38-4)23(35)20(14-34)45-32/h9-13,18,20-35H,14-17H2,1-8H3/t18-,20+,21+,22?,23+,24?,25+,26-,27?,28+,29?,30?,31?,32+,33+/m0/s1. The van der Waals surface area contributed by atoms with Crippen molar-refractivity contribution in [3.8, 4) is 0 Å². The van der Waals surface area contributed by atoms with Crippen LogP contribution in [0.4, 0.5) is 0 Å². The highest BCUT2D eigenvalue weighted by Gasteiger charge is 2.55. The average molecular weight is 691 g/mol. The van der Waals surface area contributed by atoms with E-state index in [-0.39, 0.29) is 19.3 Å². The van der Waals surface area contributed by atoms with Gasteiger partial charge in [0.1, 0.15) is 73.2 Å². The Morgan fingerprint density at radius 3 is 1.60 bits per heavy atom. The van der Waals surface area contributed by atoms with Gasteiger partial charge in [-0.2, -0.15) is 0 Å². The average Bonchev–Trinajstić information content (AvgIpc) is 3.10. The summed E-state index contributed by atoms with van der Waals surface area (Å²) >= 11 is 0. The van der Waals surface area contributed by atoms with Gasteiger partial charge in [-0.05, 0) is 12.5 Å². The molecule has 2 N–H and O–H groups in total. The molecule has 15 heteroatoms. The number of hydrogen-bond acceptors (Lipinski definition) is 15. The van der Waals surface area contributed by atoms with Crippen molar-refractivity contribution in [3.63, 3.8) is 0 Å². The van der Waals surface area contributed by atoms with Gasteiger partial charge in [-0.3, -0.25) is 0 Å². The molecular weight excluding hydrogens is 636 g/mol. The number of aliphatic hydroxyl groups excluding tert-OH is 2. The zero-order valence-corrected chi connectivity index (χ0v) is 29.1. The third-order valence-corrected chi connectivity index (χ3v) is 9.20. The Kier molecular flexibility index (Phi) is 15.8. The molecule has 3 aliphatic rings. The minimum absolute atomic E-state index is 0.0845. The first-order valence-electron chi connectivity index (χ1n) is 16.1. The topological polar surface area (TPSA) is 160 Å². The highest BCUT2D eigenvalue weighted by Crippen LogP contribution is 2.36. The van der Waals surface area contributed by atoms with Crippen molar-refractivity contribution in [2.75, 3.05) is 69.6 Å². The van der Waals surface area contributed by atoms with Crippen LogP contribution >= 0.6 is 0 Å². The molecular formula is C33H54O15. The van der Waals surface area contributed by atoms with Crippen LogP contribution in [0, 0.1) is 0 Å². The summed E-state index contributed by atoms with van der Waals surface area (Å²) < 4.78 is 78.6. The summed E-state index contributed by atoms with van der Waals surface area (Å²) in [7, 11) is 10.7. The van der Waals surface area contributed by atoms with Gasteiger partial charge in [-0.15, -0.1) is 0 Å². The van der Waals surface area contributed by atoms with Gasteiger partial charge in [0.25, 0.3) is 0 Å². The van der Waals surface area contributed by atoms with Crippen LogP contribution in [0.15, 0.2) is 30.3 Å². The maximum atomic E-state index is 10.7. The van der Waals surface area contributed by atoms with Crippen molar-refractivity contribution >= 4 is 0 Å². The van der Waals surface area contributed by atoms with Gasteiger partial charge in [-0.1, -0.05) is 30.3 Å². The Labute approximate surface area is 282 Å². The Morgan fingerprint density at radius 2 is 1.08 bits per heavy atom. The quantitative estimate of drug-likeness (QED) is 0.230. The minimum Gasteiger partial charge on any atom is -0.394 e. The molecule has 48 heavy (non-hydrogen) atoms. The first-order chi connectivity index (χ1) is 23.3. The zero-order chi connectivity index (χ0) is 34.8. The van der Waals surface area contributed by atoms with E-state index < -0.39 is 92.4 Å². The molecule has 6 unspecified atom stereocenters. The molecule has 3 fully saturated rings. The lowest BCUT2D eigenvalue weighted by Crippen LogP contribution is -2.67. The van der Waals surface area contributed by atoms with Gasteiger partial charge in [0.05, 0.1) is 32.5 Å². The van der Waals surface area contributed by atoms with Gasteiger partial charge in [0.15, 0.2) is 12.6 Å². The second-order valence-electron chi connectivity index (χ2n) is 12.0. The van der Waals surface area contributed by atoms with Gasteiger partial charge in [0.2, 0.25) is 0 Å². The molecule has 0 spiro atoms. The van der Waals surface area contributed by atoms with Crippen LogP contribution < -0.4 is 0 Å². The number of methoxy groups -OCH3 is 7. The fraction of sp³-hybridized carbons (Fsp3) is 0.818. The summed E-state index contributed by atoms with van der Waals surface area (Å²) in [5, 5.41) is 20.6. The van der Waals surface area contributed by atoms with Crippen molar-refractivity contribution in [2.24, 2.45) is 0 Å². The molecule has 0 amide bonds. The fourth-order valence-electron chi connectivity index (χ4n) is 6.80. The molecule has 1 aromatic carbocycles. The fourth-order valence-corrected chi connectivity index (χ4v) is 6.80. The second-order valence-corrected chi connectivity index (χ2v) is 12.0. The molecule has 0 bridgehead atoms. The zero-order valence-electron chi connectivity index (χ0n) is 29.1. The number of ether oxygens (including phenoxy) is 13. The van der Waals surface area contributed by atoms with Crippen LogP contribution in [0.25, 0.3) is 0 Å². The molecule has 3 saturated heterocycles. The summed E-state index contributed by atoms with van der Waals surface area (Å²) in [6.07, 6.45) is -11.7. The molecule has 15 atom stereocenters. The van der Waals surface area contributed by atoms with Gasteiger partial charge in [0, 0.05) is 49.8 Å². The predicted molar refractivity (Wildman–Crippen MR) is 167 cm³/mol. The van der Waals surface area contributed by atoms with Crippen LogP contribution in [0.1, 0.15) is 12.5 Å². The highest BCUT2D eigenvalue weighted by molar-refractivity contribution is 5.13. The van der Waals surface area contributed by atoms with E-state index in [4.69, 9.17) is 61.6 Å². The second kappa shape index (κ2) is 19.3. The van der Waals surface area contributed by atoms with Crippen LogP contribution in [0.3, 0.4) is 0 Å². The molecule has 0 aliphatic carbocycles. The van der Waals surface area contributed by atoms with E-state index in [1.807, 2.05) is 37.3 Å². The monoisotopic (exact) mass is 690 g/mol. The molecule has 276 valence electrons. The SMILES string of the molecule is COC[C@H]1O[C@H](O[C@H]2C(COCc3ccccc3)O[C@@H](C)C(OC)[C@H]2OC)C(OC)C(OC)[C@@H]1O[C@H]1O[C@H](CO)[C@@H](O)C(OC)C1OC. The summed E-state index contributed by atoms with van der Waals surface area (Å²) in [6.45, 7) is 2.13. The number of hydrogen-bond donors (Lipinski definition) is 2. The van der Waals surface area contributed by atoms with Crippen molar-refractivity contribution in [1.29, 1.82) is 0 Å². The molecule has 4 rings (SSSR count). The largest absolute Gasteiger partial charge is 0.394 e. The third kappa shape index (κ3) is 8.91. The summed E-state index contributed by atoms with van der Waals surface area (Å²) in [5.74, 6) is 0. The van der Waals surface area contributed by atoms with E-state index >= 15 is 0 Å². The van der Waals surface area contributed by atoms with Crippen molar-refractivity contribution < 1.29 is 71.8 Å². The van der Waals surface area contributed by atoms with Gasteiger partial charge < -0.3 is 71.8 Å². The summed E-state index contributed by atoms with van der Waals surface area (Å²) in [5.41, 5.74) is 1.03. The summed E-state index contributed by atoms with van der Waals surface area (Å²) in [4.78, 5) is 0. The number of aliphatic hydroxyl groups is 2. The Hall–Kier alpha value is -1.38. The minimum atomic E-state index is -1.15. The van der Waals surface area contributed by atoms with Crippen molar-refractivity contribution in [2.45, 2.75) is 105 Å². The first-order valence-corrected chi connectivity index (χ1v) is 16.1. The van der Waals surface area contributed by atoms with E-state index in [0.717, 1.165) is 5.56 Å². The van der Waals surface area contributed by atoms with E-state index in [1.54, 1.807) is 14.2 Å². The summed E-state index contributed by atoms with van der Waals surface area (Å²) in [6, 6.07) is 9.85. The van der Waals surface area contributed by atoms with E-state index in [0.29, 0.717) is 6.61 Å². The Morgan fingerprint density at radius 1 is 0.583 bits per heavy atom. The Bertz CT molecular complexity index is 1040.